The Labute approximate surface area is 110 Å². The van der Waals surface area contributed by atoms with Crippen molar-refractivity contribution in [1.29, 1.82) is 5.41 Å². The van der Waals surface area contributed by atoms with Gasteiger partial charge < -0.3 is 10.6 Å². The van der Waals surface area contributed by atoms with Crippen LogP contribution < -0.4 is 10.6 Å². The quantitative estimate of drug-likeness (QED) is 0.621. The topological polar surface area (TPSA) is 66.0 Å². The van der Waals surface area contributed by atoms with Crippen LogP contribution in [0.3, 0.4) is 0 Å². The lowest BCUT2D eigenvalue weighted by molar-refractivity contribution is 0.559. The molecule has 0 spiro atoms. The van der Waals surface area contributed by atoms with Crippen molar-refractivity contribution < 1.29 is 0 Å². The highest BCUT2D eigenvalue weighted by atomic mass is 15.1. The molecule has 0 aliphatic heterocycles. The van der Waals surface area contributed by atoms with Gasteiger partial charge >= 0.3 is 0 Å². The molecule has 1 atom stereocenters. The molecule has 0 aliphatic carbocycles. The van der Waals surface area contributed by atoms with E-state index in [4.69, 9.17) is 11.1 Å². The third-order valence-corrected chi connectivity index (χ3v) is 3.27. The van der Waals surface area contributed by atoms with Crippen molar-refractivity contribution >= 4 is 11.5 Å². The number of anilines is 1. The lowest BCUT2D eigenvalue weighted by Crippen LogP contribution is -2.27. The fourth-order valence-electron chi connectivity index (χ4n) is 2.14. The van der Waals surface area contributed by atoms with Crippen LogP contribution in [0, 0.1) is 25.2 Å². The number of nitrogens with zero attached hydrogens (tertiary/aromatic N) is 2. The molecular weight excluding hydrogens is 224 g/mol. The first-order valence-corrected chi connectivity index (χ1v) is 6.40. The molecule has 4 heteroatoms. The van der Waals surface area contributed by atoms with Crippen molar-refractivity contribution in [3.05, 3.63) is 23.0 Å². The first-order valence-electron chi connectivity index (χ1n) is 6.40. The Hall–Kier alpha value is -1.58. The molecule has 3 N–H and O–H groups in total. The minimum absolute atomic E-state index is 0.0889. The second-order valence-corrected chi connectivity index (χ2v) is 5.05. The Morgan fingerprint density at radius 3 is 2.61 bits per heavy atom. The van der Waals surface area contributed by atoms with Crippen LogP contribution >= 0.6 is 0 Å². The minimum Gasteiger partial charge on any atom is -0.384 e. The van der Waals surface area contributed by atoms with Gasteiger partial charge in [-0.1, -0.05) is 20.3 Å². The smallest absolute Gasteiger partial charge is 0.126 e. The zero-order valence-electron chi connectivity index (χ0n) is 12.0. The summed E-state index contributed by atoms with van der Waals surface area (Å²) in [5, 5.41) is 7.72. The maximum absolute atomic E-state index is 7.72. The molecule has 0 fully saturated rings. The largest absolute Gasteiger partial charge is 0.384 e. The van der Waals surface area contributed by atoms with E-state index in [2.05, 4.69) is 23.7 Å². The van der Waals surface area contributed by atoms with E-state index in [-0.39, 0.29) is 5.84 Å². The number of hydrogen-bond donors (Lipinski definition) is 2. The maximum atomic E-state index is 7.72. The van der Waals surface area contributed by atoms with Gasteiger partial charge in [-0.3, -0.25) is 10.4 Å². The van der Waals surface area contributed by atoms with Gasteiger partial charge in [0.05, 0.1) is 16.9 Å². The first-order chi connectivity index (χ1) is 8.36. The van der Waals surface area contributed by atoms with E-state index in [1.807, 2.05) is 27.0 Å². The van der Waals surface area contributed by atoms with E-state index < -0.39 is 0 Å². The van der Waals surface area contributed by atoms with Crippen molar-refractivity contribution in [3.63, 3.8) is 0 Å². The van der Waals surface area contributed by atoms with Gasteiger partial charge in [0.1, 0.15) is 5.84 Å². The maximum Gasteiger partial charge on any atom is 0.126 e. The van der Waals surface area contributed by atoms with Crippen LogP contribution in [0.4, 0.5) is 5.69 Å². The summed E-state index contributed by atoms with van der Waals surface area (Å²) >= 11 is 0. The SMILES string of the molecule is CCC(C)CN(C)c1cc(C)nc(C)c1C(=N)N. The average molecular weight is 248 g/mol. The second-order valence-electron chi connectivity index (χ2n) is 5.05. The molecule has 1 unspecified atom stereocenters. The number of hydrogen-bond acceptors (Lipinski definition) is 3. The number of nitrogen functional groups attached to an aromatic ring is 1. The minimum atomic E-state index is 0.0889. The lowest BCUT2D eigenvalue weighted by atomic mass is 10.1. The van der Waals surface area contributed by atoms with Gasteiger partial charge in [-0.25, -0.2) is 0 Å². The molecule has 0 amide bonds. The molecule has 0 saturated heterocycles. The van der Waals surface area contributed by atoms with E-state index >= 15 is 0 Å². The fourth-order valence-corrected chi connectivity index (χ4v) is 2.14. The Morgan fingerprint density at radius 2 is 2.11 bits per heavy atom. The predicted octanol–water partition coefficient (Wildman–Crippen LogP) is 2.46. The number of amidine groups is 1. The summed E-state index contributed by atoms with van der Waals surface area (Å²) in [5.74, 6) is 0.703. The summed E-state index contributed by atoms with van der Waals surface area (Å²) in [7, 11) is 2.05. The van der Waals surface area contributed by atoms with Gasteiger partial charge in [0.2, 0.25) is 0 Å². The van der Waals surface area contributed by atoms with E-state index in [0.717, 1.165) is 35.6 Å². The third kappa shape index (κ3) is 3.22. The number of nitrogens with two attached hydrogens (primary N) is 1. The van der Waals surface area contributed by atoms with Crippen molar-refractivity contribution in [2.45, 2.75) is 34.1 Å². The number of rotatable bonds is 5. The normalized spacial score (nSPS) is 12.3. The van der Waals surface area contributed by atoms with Gasteiger partial charge in [-0.2, -0.15) is 0 Å². The van der Waals surface area contributed by atoms with Gasteiger partial charge in [-0.05, 0) is 25.8 Å². The van der Waals surface area contributed by atoms with Crippen LogP contribution in [0.1, 0.15) is 37.2 Å². The van der Waals surface area contributed by atoms with Crippen LogP contribution in [0.25, 0.3) is 0 Å². The van der Waals surface area contributed by atoms with Crippen molar-refractivity contribution in [3.8, 4) is 0 Å². The zero-order valence-corrected chi connectivity index (χ0v) is 12.0. The van der Waals surface area contributed by atoms with Crippen molar-refractivity contribution in [2.24, 2.45) is 11.7 Å². The summed E-state index contributed by atoms with van der Waals surface area (Å²) < 4.78 is 0. The summed E-state index contributed by atoms with van der Waals surface area (Å²) in [6.45, 7) is 9.25. The molecule has 1 heterocycles. The number of aryl methyl sites for hydroxylation is 2. The molecule has 18 heavy (non-hydrogen) atoms. The average Bonchev–Trinajstić information content (AvgIpc) is 2.26. The summed E-state index contributed by atoms with van der Waals surface area (Å²) in [6, 6.07) is 2.01. The molecule has 4 nitrogen and oxygen atoms in total. The molecule has 1 rings (SSSR count). The monoisotopic (exact) mass is 248 g/mol. The van der Waals surface area contributed by atoms with E-state index in [9.17, 15) is 0 Å². The van der Waals surface area contributed by atoms with Crippen LogP contribution in [0.2, 0.25) is 0 Å². The molecule has 0 aliphatic rings. The highest BCUT2D eigenvalue weighted by Crippen LogP contribution is 2.23. The molecular formula is C14H24N4. The number of nitrogens with one attached hydrogen (secondary N) is 1. The van der Waals surface area contributed by atoms with Crippen molar-refractivity contribution in [2.75, 3.05) is 18.5 Å². The Morgan fingerprint density at radius 1 is 1.50 bits per heavy atom. The molecule has 0 bridgehead atoms. The highest BCUT2D eigenvalue weighted by Gasteiger charge is 2.15. The van der Waals surface area contributed by atoms with Crippen LogP contribution in [0.5, 0.6) is 0 Å². The first kappa shape index (κ1) is 14.5. The highest BCUT2D eigenvalue weighted by molar-refractivity contribution is 6.01. The predicted molar refractivity (Wildman–Crippen MR) is 77.5 cm³/mol. The van der Waals surface area contributed by atoms with Gasteiger partial charge in [0, 0.05) is 19.3 Å². The van der Waals surface area contributed by atoms with Gasteiger partial charge in [0.15, 0.2) is 0 Å². The van der Waals surface area contributed by atoms with Gasteiger partial charge in [0.25, 0.3) is 0 Å². The summed E-state index contributed by atoms with van der Waals surface area (Å²) in [6.07, 6.45) is 1.14. The van der Waals surface area contributed by atoms with E-state index in [0.29, 0.717) is 5.92 Å². The van der Waals surface area contributed by atoms with E-state index in [1.165, 1.54) is 0 Å². The standard InChI is InChI=1S/C14H24N4/c1-6-9(2)8-18(5)12-7-10(3)17-11(4)13(12)14(15)16/h7,9H,6,8H2,1-5H3,(H3,15,16). The Bertz CT molecular complexity index is 440. The molecule has 1 aromatic heterocycles. The molecule has 0 aromatic carbocycles. The molecule has 1 aromatic rings. The molecule has 100 valence electrons. The molecule has 0 radical (unpaired) electrons. The number of aromatic nitrogens is 1. The van der Waals surface area contributed by atoms with Gasteiger partial charge in [-0.15, -0.1) is 0 Å². The second kappa shape index (κ2) is 5.85. The third-order valence-electron chi connectivity index (χ3n) is 3.27. The lowest BCUT2D eigenvalue weighted by Gasteiger charge is -2.26. The Balaban J connectivity index is 3.17. The van der Waals surface area contributed by atoms with Crippen LogP contribution in [0.15, 0.2) is 6.07 Å². The van der Waals surface area contributed by atoms with Crippen molar-refractivity contribution in [1.82, 2.24) is 4.98 Å². The summed E-state index contributed by atoms with van der Waals surface area (Å²) in [5.41, 5.74) is 9.24. The van der Waals surface area contributed by atoms with Crippen LogP contribution in [-0.4, -0.2) is 24.4 Å². The molecule has 0 saturated carbocycles. The zero-order chi connectivity index (χ0) is 13.9. The number of pyridine rings is 1. The fraction of sp³-hybridized carbons (Fsp3) is 0.571. The Kier molecular flexibility index (Phi) is 4.70. The van der Waals surface area contributed by atoms with E-state index in [1.54, 1.807) is 0 Å². The van der Waals surface area contributed by atoms with Crippen LogP contribution in [-0.2, 0) is 0 Å². The summed E-state index contributed by atoms with van der Waals surface area (Å²) in [4.78, 5) is 6.56.